The lowest BCUT2D eigenvalue weighted by Crippen LogP contribution is -2.49. The van der Waals surface area contributed by atoms with Crippen LogP contribution in [0.3, 0.4) is 0 Å². The standard InChI is InChI=1S/C23H25ClN4O4/c1-16(2)23(30)27-13-11-26(12-14-27)19-7-5-18(6-8-19)25-22(29)10-4-17-3-9-20(24)21(15-17)28(31)32/h3-10,15-16H,11-14H2,1-2H3,(H,25,29). The molecule has 3 rings (SSSR count). The van der Waals surface area contributed by atoms with E-state index < -0.39 is 4.92 Å². The number of rotatable bonds is 6. The molecule has 2 aromatic rings. The number of nitro groups is 1. The number of anilines is 2. The zero-order valence-electron chi connectivity index (χ0n) is 18.0. The van der Waals surface area contributed by atoms with Crippen LogP contribution in [0.25, 0.3) is 6.08 Å². The minimum absolute atomic E-state index is 0.00769. The molecule has 1 saturated heterocycles. The first-order chi connectivity index (χ1) is 15.2. The van der Waals surface area contributed by atoms with E-state index in [0.29, 0.717) is 24.3 Å². The summed E-state index contributed by atoms with van der Waals surface area (Å²) in [4.78, 5) is 38.8. The number of nitrogens with one attached hydrogen (secondary N) is 1. The third-order valence-corrected chi connectivity index (χ3v) is 5.50. The van der Waals surface area contributed by atoms with Crippen molar-refractivity contribution in [1.29, 1.82) is 0 Å². The Balaban J connectivity index is 1.55. The van der Waals surface area contributed by atoms with Crippen LogP contribution in [-0.2, 0) is 9.59 Å². The SMILES string of the molecule is CC(C)C(=O)N1CCN(c2ccc(NC(=O)C=Cc3ccc(Cl)c([N+](=O)[O-])c3)cc2)CC1. The molecule has 0 saturated carbocycles. The number of hydrogen-bond acceptors (Lipinski definition) is 5. The molecule has 2 amide bonds. The quantitative estimate of drug-likeness (QED) is 0.399. The van der Waals surface area contributed by atoms with Crippen molar-refractivity contribution in [3.05, 3.63) is 69.2 Å². The van der Waals surface area contributed by atoms with E-state index in [1.165, 1.54) is 24.3 Å². The second-order valence-electron chi connectivity index (χ2n) is 7.80. The van der Waals surface area contributed by atoms with Gasteiger partial charge in [0.25, 0.3) is 5.69 Å². The Kier molecular flexibility index (Phi) is 7.48. The van der Waals surface area contributed by atoms with E-state index in [4.69, 9.17) is 11.6 Å². The molecule has 1 fully saturated rings. The molecule has 0 radical (unpaired) electrons. The maximum absolute atomic E-state index is 12.2. The summed E-state index contributed by atoms with van der Waals surface area (Å²) in [6.45, 7) is 6.75. The topological polar surface area (TPSA) is 95.8 Å². The van der Waals surface area contributed by atoms with Gasteiger partial charge in [0, 0.05) is 55.6 Å². The Morgan fingerprint density at radius 1 is 1.09 bits per heavy atom. The lowest BCUT2D eigenvalue weighted by Gasteiger charge is -2.37. The Bertz CT molecular complexity index is 1030. The van der Waals surface area contributed by atoms with Crippen molar-refractivity contribution < 1.29 is 14.5 Å². The highest BCUT2D eigenvalue weighted by molar-refractivity contribution is 6.32. The van der Waals surface area contributed by atoms with Crippen LogP contribution in [0.4, 0.5) is 17.1 Å². The maximum atomic E-state index is 12.2. The van der Waals surface area contributed by atoms with E-state index in [0.717, 1.165) is 18.8 Å². The summed E-state index contributed by atoms with van der Waals surface area (Å²) in [7, 11) is 0. The molecular formula is C23H25ClN4O4. The molecule has 1 aliphatic heterocycles. The van der Waals surface area contributed by atoms with Crippen LogP contribution >= 0.6 is 11.6 Å². The monoisotopic (exact) mass is 456 g/mol. The molecule has 1 heterocycles. The third kappa shape index (κ3) is 5.85. The van der Waals surface area contributed by atoms with Crippen LogP contribution in [0.2, 0.25) is 5.02 Å². The van der Waals surface area contributed by atoms with E-state index in [2.05, 4.69) is 10.2 Å². The van der Waals surface area contributed by atoms with Crippen molar-refractivity contribution in [2.45, 2.75) is 13.8 Å². The summed E-state index contributed by atoms with van der Waals surface area (Å²) < 4.78 is 0. The number of halogens is 1. The van der Waals surface area contributed by atoms with Crippen molar-refractivity contribution >= 4 is 46.6 Å². The van der Waals surface area contributed by atoms with Gasteiger partial charge in [-0.3, -0.25) is 19.7 Å². The molecular weight excluding hydrogens is 432 g/mol. The number of piperazine rings is 1. The summed E-state index contributed by atoms with van der Waals surface area (Å²) in [6, 6.07) is 11.8. The van der Waals surface area contributed by atoms with Gasteiger partial charge in [-0.15, -0.1) is 0 Å². The lowest BCUT2D eigenvalue weighted by atomic mass is 10.1. The van der Waals surface area contributed by atoms with Crippen molar-refractivity contribution in [3.8, 4) is 0 Å². The highest BCUT2D eigenvalue weighted by Crippen LogP contribution is 2.25. The van der Waals surface area contributed by atoms with Crippen LogP contribution in [0.1, 0.15) is 19.4 Å². The van der Waals surface area contributed by atoms with Gasteiger partial charge in [0.2, 0.25) is 11.8 Å². The first-order valence-corrected chi connectivity index (χ1v) is 10.7. The molecule has 1 aliphatic rings. The van der Waals surface area contributed by atoms with E-state index in [9.17, 15) is 19.7 Å². The molecule has 0 aromatic heterocycles. The Labute approximate surface area is 191 Å². The van der Waals surface area contributed by atoms with Crippen LogP contribution in [0.5, 0.6) is 0 Å². The Hall–Kier alpha value is -3.39. The molecule has 0 aliphatic carbocycles. The van der Waals surface area contributed by atoms with Crippen molar-refractivity contribution in [2.75, 3.05) is 36.4 Å². The fourth-order valence-corrected chi connectivity index (χ4v) is 3.62. The van der Waals surface area contributed by atoms with Gasteiger partial charge in [0.1, 0.15) is 5.02 Å². The maximum Gasteiger partial charge on any atom is 0.288 e. The van der Waals surface area contributed by atoms with Crippen molar-refractivity contribution in [2.24, 2.45) is 5.92 Å². The van der Waals surface area contributed by atoms with Crippen LogP contribution in [0.15, 0.2) is 48.5 Å². The summed E-state index contributed by atoms with van der Waals surface area (Å²) in [5.41, 5.74) is 1.96. The van der Waals surface area contributed by atoms with E-state index in [-0.39, 0.29) is 28.4 Å². The fraction of sp³-hybridized carbons (Fsp3) is 0.304. The van der Waals surface area contributed by atoms with E-state index >= 15 is 0 Å². The summed E-state index contributed by atoms with van der Waals surface area (Å²) in [5, 5.41) is 13.8. The average molecular weight is 457 g/mol. The molecule has 0 spiro atoms. The molecule has 0 bridgehead atoms. The zero-order valence-corrected chi connectivity index (χ0v) is 18.7. The zero-order chi connectivity index (χ0) is 23.3. The highest BCUT2D eigenvalue weighted by Gasteiger charge is 2.22. The molecule has 168 valence electrons. The number of nitrogens with zero attached hydrogens (tertiary/aromatic N) is 3. The van der Waals surface area contributed by atoms with Gasteiger partial charge in [0.15, 0.2) is 0 Å². The molecule has 0 unspecified atom stereocenters. The van der Waals surface area contributed by atoms with Crippen LogP contribution < -0.4 is 10.2 Å². The third-order valence-electron chi connectivity index (χ3n) is 5.18. The first kappa shape index (κ1) is 23.3. The lowest BCUT2D eigenvalue weighted by molar-refractivity contribution is -0.384. The highest BCUT2D eigenvalue weighted by atomic mass is 35.5. The number of carbonyl (C=O) groups excluding carboxylic acids is 2. The number of amides is 2. The van der Waals surface area contributed by atoms with Gasteiger partial charge in [-0.1, -0.05) is 31.5 Å². The van der Waals surface area contributed by atoms with Gasteiger partial charge in [-0.2, -0.15) is 0 Å². The van der Waals surface area contributed by atoms with Crippen LogP contribution in [0, 0.1) is 16.0 Å². The first-order valence-electron chi connectivity index (χ1n) is 10.3. The molecule has 32 heavy (non-hydrogen) atoms. The summed E-state index contributed by atoms with van der Waals surface area (Å²) >= 11 is 5.80. The predicted molar refractivity (Wildman–Crippen MR) is 126 cm³/mol. The molecule has 9 heteroatoms. The predicted octanol–water partition coefficient (Wildman–Crippen LogP) is 4.20. The fourth-order valence-electron chi connectivity index (χ4n) is 3.43. The molecule has 0 atom stereocenters. The van der Waals surface area contributed by atoms with E-state index in [1.807, 2.05) is 43.0 Å². The van der Waals surface area contributed by atoms with Gasteiger partial charge in [-0.25, -0.2) is 0 Å². The number of hydrogen-bond donors (Lipinski definition) is 1. The smallest absolute Gasteiger partial charge is 0.288 e. The second kappa shape index (κ2) is 10.3. The van der Waals surface area contributed by atoms with Gasteiger partial charge in [-0.05, 0) is 42.0 Å². The average Bonchev–Trinajstić information content (AvgIpc) is 2.78. The van der Waals surface area contributed by atoms with Gasteiger partial charge >= 0.3 is 0 Å². The number of nitro benzene ring substituents is 1. The summed E-state index contributed by atoms with van der Waals surface area (Å²) in [6.07, 6.45) is 2.80. The largest absolute Gasteiger partial charge is 0.368 e. The van der Waals surface area contributed by atoms with Gasteiger partial charge < -0.3 is 15.1 Å². The van der Waals surface area contributed by atoms with Crippen molar-refractivity contribution in [3.63, 3.8) is 0 Å². The Morgan fingerprint density at radius 3 is 2.34 bits per heavy atom. The van der Waals surface area contributed by atoms with E-state index in [1.54, 1.807) is 6.07 Å². The molecule has 8 nitrogen and oxygen atoms in total. The molecule has 1 N–H and O–H groups in total. The number of carbonyl (C=O) groups is 2. The van der Waals surface area contributed by atoms with Crippen LogP contribution in [-0.4, -0.2) is 47.8 Å². The second-order valence-corrected chi connectivity index (χ2v) is 8.21. The Morgan fingerprint density at radius 2 is 1.75 bits per heavy atom. The summed E-state index contributed by atoms with van der Waals surface area (Å²) in [5.74, 6) is -0.159. The van der Waals surface area contributed by atoms with Crippen molar-refractivity contribution in [1.82, 2.24) is 4.90 Å². The minimum Gasteiger partial charge on any atom is -0.368 e. The molecule has 2 aromatic carbocycles. The normalized spacial score (nSPS) is 14.1. The van der Waals surface area contributed by atoms with Gasteiger partial charge in [0.05, 0.1) is 4.92 Å². The minimum atomic E-state index is -0.566. The number of benzene rings is 2.